The lowest BCUT2D eigenvalue weighted by Crippen LogP contribution is -2.75. The summed E-state index contributed by atoms with van der Waals surface area (Å²) in [5.41, 5.74) is 1.45. The highest BCUT2D eigenvalue weighted by Gasteiger charge is 2.74. The van der Waals surface area contributed by atoms with Crippen LogP contribution >= 0.6 is 15.9 Å². The summed E-state index contributed by atoms with van der Waals surface area (Å²) in [5.74, 6) is 1.37. The van der Waals surface area contributed by atoms with Crippen molar-refractivity contribution in [2.45, 2.75) is 35.6 Å². The van der Waals surface area contributed by atoms with Gasteiger partial charge in [-0.05, 0) is 24.8 Å². The second-order valence-electron chi connectivity index (χ2n) is 5.72. The third-order valence-electron chi connectivity index (χ3n) is 5.23. The van der Waals surface area contributed by atoms with Crippen molar-refractivity contribution in [1.82, 2.24) is 0 Å². The van der Waals surface area contributed by atoms with Crippen LogP contribution in [0.25, 0.3) is 0 Å². The molecule has 1 aromatic rings. The van der Waals surface area contributed by atoms with Crippen molar-refractivity contribution in [2.75, 3.05) is 6.61 Å². The van der Waals surface area contributed by atoms with E-state index in [2.05, 4.69) is 46.3 Å². The molecule has 17 heavy (non-hydrogen) atoms. The lowest BCUT2D eigenvalue weighted by Gasteiger charge is -2.72. The third-order valence-corrected chi connectivity index (χ3v) is 6.73. The minimum absolute atomic E-state index is 0.0429. The molecule has 0 radical (unpaired) electrons. The van der Waals surface area contributed by atoms with Gasteiger partial charge in [0.05, 0.1) is 0 Å². The summed E-state index contributed by atoms with van der Waals surface area (Å²) in [7, 11) is 0. The number of hydrogen-bond acceptors (Lipinski definition) is 1. The smallest absolute Gasteiger partial charge is 0.101 e. The lowest BCUT2D eigenvalue weighted by atomic mass is 9.43. The van der Waals surface area contributed by atoms with E-state index in [1.807, 2.05) is 0 Å². The standard InChI is InChI=1S/C15H17BrO/c16-14-9-10-17-15(11-5-2-1-3-6-11)12(14)7-4-8-13(14)15/h1-3,5-6,12-13H,4,7-10H2. The first-order valence-electron chi connectivity index (χ1n) is 6.67. The van der Waals surface area contributed by atoms with Gasteiger partial charge in [-0.25, -0.2) is 0 Å². The van der Waals surface area contributed by atoms with Crippen molar-refractivity contribution in [3.05, 3.63) is 35.9 Å². The molecule has 2 aliphatic carbocycles. The quantitative estimate of drug-likeness (QED) is 0.714. The van der Waals surface area contributed by atoms with E-state index in [0.29, 0.717) is 16.2 Å². The second kappa shape index (κ2) is 3.36. The van der Waals surface area contributed by atoms with Crippen LogP contribution in [-0.4, -0.2) is 10.9 Å². The van der Waals surface area contributed by atoms with Gasteiger partial charge in [-0.3, -0.25) is 0 Å². The maximum atomic E-state index is 6.32. The summed E-state index contributed by atoms with van der Waals surface area (Å²) in [6.45, 7) is 0.910. The van der Waals surface area contributed by atoms with E-state index in [4.69, 9.17) is 4.74 Å². The second-order valence-corrected chi connectivity index (χ2v) is 7.20. The van der Waals surface area contributed by atoms with Gasteiger partial charge in [-0.15, -0.1) is 0 Å². The van der Waals surface area contributed by atoms with Crippen LogP contribution in [-0.2, 0) is 10.3 Å². The Hall–Kier alpha value is -0.340. The van der Waals surface area contributed by atoms with Crippen LogP contribution in [0.4, 0.5) is 0 Å². The van der Waals surface area contributed by atoms with Crippen LogP contribution in [0.2, 0.25) is 0 Å². The Morgan fingerprint density at radius 3 is 2.53 bits per heavy atom. The van der Waals surface area contributed by atoms with Crippen molar-refractivity contribution in [3.63, 3.8) is 0 Å². The monoisotopic (exact) mass is 292 g/mol. The molecule has 0 aromatic heterocycles. The maximum Gasteiger partial charge on any atom is 0.101 e. The zero-order valence-corrected chi connectivity index (χ0v) is 11.4. The Morgan fingerprint density at radius 2 is 1.82 bits per heavy atom. The SMILES string of the molecule is BrC12CCOC3(c4ccccc4)C1CCCC23. The molecular formula is C15H17BrO. The summed E-state index contributed by atoms with van der Waals surface area (Å²) in [6.07, 6.45) is 5.20. The average Bonchev–Trinajstić information content (AvgIpc) is 2.41. The molecule has 0 N–H and O–H groups in total. The van der Waals surface area contributed by atoms with Gasteiger partial charge in [-0.2, -0.15) is 0 Å². The maximum absolute atomic E-state index is 6.32. The summed E-state index contributed by atoms with van der Waals surface area (Å²) in [5, 5.41) is 0. The Kier molecular flexibility index (Phi) is 2.09. The minimum Gasteiger partial charge on any atom is -0.370 e. The van der Waals surface area contributed by atoms with Crippen molar-refractivity contribution in [3.8, 4) is 0 Å². The van der Waals surface area contributed by atoms with Crippen molar-refractivity contribution >= 4 is 15.9 Å². The number of ether oxygens (including phenoxy) is 1. The molecule has 1 nitrogen and oxygen atoms in total. The molecule has 1 aromatic carbocycles. The molecule has 3 aliphatic rings. The molecule has 4 rings (SSSR count). The number of alkyl halides is 1. The van der Waals surface area contributed by atoms with Crippen LogP contribution in [0.15, 0.2) is 30.3 Å². The largest absolute Gasteiger partial charge is 0.370 e. The first-order chi connectivity index (χ1) is 8.28. The predicted molar refractivity (Wildman–Crippen MR) is 71.2 cm³/mol. The Balaban J connectivity index is 1.84. The van der Waals surface area contributed by atoms with Crippen molar-refractivity contribution in [2.24, 2.45) is 11.8 Å². The molecule has 2 unspecified atom stereocenters. The van der Waals surface area contributed by atoms with Crippen LogP contribution in [0.1, 0.15) is 31.2 Å². The van der Waals surface area contributed by atoms with Gasteiger partial charge in [0.1, 0.15) is 5.60 Å². The molecule has 3 fully saturated rings. The van der Waals surface area contributed by atoms with E-state index >= 15 is 0 Å². The number of fused-ring (bicyclic) bond motifs is 1. The summed E-state index contributed by atoms with van der Waals surface area (Å²) < 4.78 is 6.71. The van der Waals surface area contributed by atoms with E-state index < -0.39 is 0 Å². The number of rotatable bonds is 1. The Morgan fingerprint density at radius 1 is 1.12 bits per heavy atom. The van der Waals surface area contributed by atoms with Crippen LogP contribution < -0.4 is 0 Å². The molecule has 4 bridgehead atoms. The van der Waals surface area contributed by atoms with Gasteiger partial charge in [0.15, 0.2) is 0 Å². The molecule has 90 valence electrons. The topological polar surface area (TPSA) is 9.23 Å². The van der Waals surface area contributed by atoms with Crippen LogP contribution in [0, 0.1) is 11.8 Å². The number of halogens is 1. The highest BCUT2D eigenvalue weighted by atomic mass is 79.9. The molecule has 2 atom stereocenters. The fourth-order valence-corrected chi connectivity index (χ4v) is 5.95. The summed E-state index contributed by atoms with van der Waals surface area (Å²) >= 11 is 4.05. The van der Waals surface area contributed by atoms with E-state index in [1.165, 1.54) is 31.2 Å². The summed E-state index contributed by atoms with van der Waals surface area (Å²) in [4.78, 5) is 0. The highest BCUT2D eigenvalue weighted by Crippen LogP contribution is 2.73. The predicted octanol–water partition coefficient (Wildman–Crippen LogP) is 3.87. The normalized spacial score (nSPS) is 47.4. The number of benzene rings is 1. The Bertz CT molecular complexity index is 429. The fraction of sp³-hybridized carbons (Fsp3) is 0.600. The first-order valence-corrected chi connectivity index (χ1v) is 7.46. The van der Waals surface area contributed by atoms with Crippen LogP contribution in [0.5, 0.6) is 0 Å². The van der Waals surface area contributed by atoms with Gasteiger partial charge in [0.25, 0.3) is 0 Å². The van der Waals surface area contributed by atoms with E-state index in [-0.39, 0.29) is 5.60 Å². The van der Waals surface area contributed by atoms with E-state index in [9.17, 15) is 0 Å². The first kappa shape index (κ1) is 10.6. The van der Waals surface area contributed by atoms with E-state index in [0.717, 1.165) is 6.61 Å². The molecule has 2 saturated carbocycles. The van der Waals surface area contributed by atoms with Crippen molar-refractivity contribution < 1.29 is 4.74 Å². The van der Waals surface area contributed by atoms with Gasteiger partial charge < -0.3 is 4.74 Å². The lowest BCUT2D eigenvalue weighted by molar-refractivity contribution is -0.283. The zero-order chi connectivity index (χ0) is 11.5. The van der Waals surface area contributed by atoms with Gasteiger partial charge in [-0.1, -0.05) is 52.7 Å². The van der Waals surface area contributed by atoms with Crippen molar-refractivity contribution in [1.29, 1.82) is 0 Å². The molecule has 0 spiro atoms. The number of hydrogen-bond donors (Lipinski definition) is 0. The molecule has 0 amide bonds. The zero-order valence-electron chi connectivity index (χ0n) is 9.86. The highest BCUT2D eigenvalue weighted by molar-refractivity contribution is 9.10. The fourth-order valence-electron chi connectivity index (χ4n) is 4.65. The third kappa shape index (κ3) is 1.09. The molecule has 1 aliphatic heterocycles. The molecule has 2 heteroatoms. The molecule has 1 heterocycles. The molecule has 1 saturated heterocycles. The van der Waals surface area contributed by atoms with E-state index in [1.54, 1.807) is 0 Å². The summed E-state index contributed by atoms with van der Waals surface area (Å²) in [6, 6.07) is 10.9. The van der Waals surface area contributed by atoms with Gasteiger partial charge >= 0.3 is 0 Å². The minimum atomic E-state index is 0.0429. The Labute approximate surface area is 111 Å². The van der Waals surface area contributed by atoms with Gasteiger partial charge in [0.2, 0.25) is 0 Å². The molecular weight excluding hydrogens is 276 g/mol. The van der Waals surface area contributed by atoms with Gasteiger partial charge in [0, 0.05) is 22.8 Å². The van der Waals surface area contributed by atoms with Crippen LogP contribution in [0.3, 0.4) is 0 Å². The average molecular weight is 293 g/mol.